The molecule has 0 heterocycles. The van der Waals surface area contributed by atoms with E-state index in [2.05, 4.69) is 5.32 Å². The molecule has 0 aliphatic heterocycles. The topological polar surface area (TPSA) is 29.1 Å². The molecule has 0 aromatic heterocycles. The van der Waals surface area contributed by atoms with E-state index in [1.807, 2.05) is 0 Å². The van der Waals surface area contributed by atoms with Crippen molar-refractivity contribution in [3.05, 3.63) is 35.1 Å². The van der Waals surface area contributed by atoms with Crippen LogP contribution in [0.4, 0.5) is 4.39 Å². The number of hydrogen-bond acceptors (Lipinski definition) is 1. The summed E-state index contributed by atoms with van der Waals surface area (Å²) in [6.07, 6.45) is 2.12. The summed E-state index contributed by atoms with van der Waals surface area (Å²) in [5.41, 5.74) is 1.05. The van der Waals surface area contributed by atoms with Crippen LogP contribution in [0.5, 0.6) is 0 Å². The van der Waals surface area contributed by atoms with E-state index in [9.17, 15) is 9.18 Å². The fourth-order valence-electron chi connectivity index (χ4n) is 1.28. The van der Waals surface area contributed by atoms with Crippen molar-refractivity contribution in [2.45, 2.75) is 25.8 Å². The van der Waals surface area contributed by atoms with Gasteiger partial charge in [-0.3, -0.25) is 4.79 Å². The van der Waals surface area contributed by atoms with Crippen LogP contribution in [-0.4, -0.2) is 11.9 Å². The van der Waals surface area contributed by atoms with E-state index in [1.54, 1.807) is 13.0 Å². The molecule has 1 amide bonds. The van der Waals surface area contributed by atoms with Gasteiger partial charge in [-0.05, 0) is 43.5 Å². The molecule has 0 radical (unpaired) electrons. The van der Waals surface area contributed by atoms with E-state index in [1.165, 1.54) is 12.1 Å². The average molecular weight is 193 g/mol. The molecular formula is C11H12FNO. The molecule has 0 spiro atoms. The molecule has 2 rings (SSSR count). The maximum atomic E-state index is 12.9. The molecule has 1 saturated carbocycles. The summed E-state index contributed by atoms with van der Waals surface area (Å²) in [7, 11) is 0. The maximum absolute atomic E-state index is 12.9. The Morgan fingerprint density at radius 3 is 2.79 bits per heavy atom. The van der Waals surface area contributed by atoms with Gasteiger partial charge in [0.25, 0.3) is 5.91 Å². The number of aryl methyl sites for hydroxylation is 1. The van der Waals surface area contributed by atoms with Gasteiger partial charge in [-0.25, -0.2) is 4.39 Å². The zero-order valence-electron chi connectivity index (χ0n) is 8.01. The normalized spacial score (nSPS) is 15.3. The van der Waals surface area contributed by atoms with Gasteiger partial charge in [0, 0.05) is 11.6 Å². The highest BCUT2D eigenvalue weighted by Crippen LogP contribution is 2.19. The van der Waals surface area contributed by atoms with Crippen molar-refractivity contribution in [1.82, 2.24) is 5.32 Å². The molecule has 0 bridgehead atoms. The predicted molar refractivity (Wildman–Crippen MR) is 51.6 cm³/mol. The molecule has 1 N–H and O–H groups in total. The minimum Gasteiger partial charge on any atom is -0.349 e. The van der Waals surface area contributed by atoms with Crippen molar-refractivity contribution >= 4 is 5.91 Å². The first kappa shape index (κ1) is 9.19. The van der Waals surface area contributed by atoms with Gasteiger partial charge in [0.05, 0.1) is 0 Å². The van der Waals surface area contributed by atoms with Crippen LogP contribution < -0.4 is 5.32 Å². The number of nitrogens with one attached hydrogen (secondary N) is 1. The molecule has 3 heteroatoms. The highest BCUT2D eigenvalue weighted by Gasteiger charge is 2.23. The van der Waals surface area contributed by atoms with Gasteiger partial charge in [0.15, 0.2) is 0 Å². The molecule has 1 aliphatic rings. The molecule has 14 heavy (non-hydrogen) atoms. The van der Waals surface area contributed by atoms with Crippen LogP contribution >= 0.6 is 0 Å². The van der Waals surface area contributed by atoms with E-state index in [0.717, 1.165) is 12.8 Å². The number of rotatable bonds is 2. The van der Waals surface area contributed by atoms with Gasteiger partial charge in [0.2, 0.25) is 0 Å². The number of hydrogen-bond donors (Lipinski definition) is 1. The van der Waals surface area contributed by atoms with Crippen LogP contribution in [0.3, 0.4) is 0 Å². The third-order valence-electron chi connectivity index (χ3n) is 2.33. The van der Waals surface area contributed by atoms with Crippen LogP contribution in [0, 0.1) is 12.7 Å². The number of halogens is 1. The van der Waals surface area contributed by atoms with Crippen molar-refractivity contribution in [1.29, 1.82) is 0 Å². The monoisotopic (exact) mass is 193 g/mol. The van der Waals surface area contributed by atoms with Crippen molar-refractivity contribution in [3.63, 3.8) is 0 Å². The smallest absolute Gasteiger partial charge is 0.251 e. The second kappa shape index (κ2) is 3.40. The van der Waals surface area contributed by atoms with E-state index in [0.29, 0.717) is 17.2 Å². The molecule has 0 atom stereocenters. The number of amides is 1. The lowest BCUT2D eigenvalue weighted by atomic mass is 10.1. The van der Waals surface area contributed by atoms with Gasteiger partial charge in [0.1, 0.15) is 5.82 Å². The first-order valence-corrected chi connectivity index (χ1v) is 4.74. The van der Waals surface area contributed by atoms with Gasteiger partial charge in [-0.15, -0.1) is 0 Å². The van der Waals surface area contributed by atoms with Crippen molar-refractivity contribution in [2.75, 3.05) is 0 Å². The molecule has 0 unspecified atom stereocenters. The van der Waals surface area contributed by atoms with Gasteiger partial charge in [-0.2, -0.15) is 0 Å². The lowest BCUT2D eigenvalue weighted by Gasteiger charge is -2.04. The van der Waals surface area contributed by atoms with E-state index in [-0.39, 0.29) is 11.7 Å². The summed E-state index contributed by atoms with van der Waals surface area (Å²) < 4.78 is 12.9. The Morgan fingerprint density at radius 1 is 1.50 bits per heavy atom. The molecule has 2 nitrogen and oxygen atoms in total. The van der Waals surface area contributed by atoms with Crippen LogP contribution in [0.2, 0.25) is 0 Å². The van der Waals surface area contributed by atoms with E-state index < -0.39 is 0 Å². The summed E-state index contributed by atoms with van der Waals surface area (Å²) in [5, 5.41) is 2.86. The minimum atomic E-state index is -0.270. The second-order valence-electron chi connectivity index (χ2n) is 3.71. The second-order valence-corrected chi connectivity index (χ2v) is 3.71. The lowest BCUT2D eigenvalue weighted by molar-refractivity contribution is 0.0951. The molecule has 1 fully saturated rings. The van der Waals surface area contributed by atoms with E-state index in [4.69, 9.17) is 0 Å². The zero-order valence-corrected chi connectivity index (χ0v) is 8.01. The third kappa shape index (κ3) is 1.92. The molecule has 1 aliphatic carbocycles. The predicted octanol–water partition coefficient (Wildman–Crippen LogP) is 2.03. The maximum Gasteiger partial charge on any atom is 0.251 e. The Balaban J connectivity index is 2.14. The largest absolute Gasteiger partial charge is 0.349 e. The van der Waals surface area contributed by atoms with Crippen molar-refractivity contribution in [3.8, 4) is 0 Å². The Labute approximate surface area is 82.1 Å². The lowest BCUT2D eigenvalue weighted by Crippen LogP contribution is -2.25. The minimum absolute atomic E-state index is 0.101. The first-order valence-electron chi connectivity index (χ1n) is 4.74. The Bertz CT molecular complexity index is 372. The van der Waals surface area contributed by atoms with Crippen molar-refractivity contribution < 1.29 is 9.18 Å². The zero-order chi connectivity index (χ0) is 10.1. The average Bonchev–Trinajstić information content (AvgIpc) is 2.93. The molecule has 74 valence electrons. The van der Waals surface area contributed by atoms with Gasteiger partial charge >= 0.3 is 0 Å². The number of carbonyl (C=O) groups is 1. The van der Waals surface area contributed by atoms with Crippen LogP contribution in [-0.2, 0) is 0 Å². The summed E-state index contributed by atoms with van der Waals surface area (Å²) in [6.45, 7) is 1.66. The molecule has 1 aromatic carbocycles. The summed E-state index contributed by atoms with van der Waals surface area (Å²) in [5.74, 6) is -0.372. The summed E-state index contributed by atoms with van der Waals surface area (Å²) in [4.78, 5) is 11.5. The van der Waals surface area contributed by atoms with E-state index >= 15 is 0 Å². The Hall–Kier alpha value is -1.38. The molecular weight excluding hydrogens is 181 g/mol. The molecule has 1 aromatic rings. The SMILES string of the molecule is Cc1cc(C(=O)NC2CC2)ccc1F. The van der Waals surface area contributed by atoms with Crippen LogP contribution in [0.1, 0.15) is 28.8 Å². The fraction of sp³-hybridized carbons (Fsp3) is 0.364. The Morgan fingerprint density at radius 2 is 2.21 bits per heavy atom. The van der Waals surface area contributed by atoms with Gasteiger partial charge < -0.3 is 5.32 Å². The quantitative estimate of drug-likeness (QED) is 0.765. The summed E-state index contributed by atoms with van der Waals surface area (Å²) >= 11 is 0. The third-order valence-corrected chi connectivity index (χ3v) is 2.33. The number of carbonyl (C=O) groups excluding carboxylic acids is 1. The van der Waals surface area contributed by atoms with Crippen molar-refractivity contribution in [2.24, 2.45) is 0 Å². The highest BCUT2D eigenvalue weighted by atomic mass is 19.1. The van der Waals surface area contributed by atoms with Gasteiger partial charge in [-0.1, -0.05) is 0 Å². The standard InChI is InChI=1S/C11H12FNO/c1-7-6-8(2-5-10(7)12)11(14)13-9-3-4-9/h2,5-6,9H,3-4H2,1H3,(H,13,14). The Kier molecular flexibility index (Phi) is 2.23. The number of benzene rings is 1. The first-order chi connectivity index (χ1) is 6.66. The fourth-order valence-corrected chi connectivity index (χ4v) is 1.28. The van der Waals surface area contributed by atoms with Crippen LogP contribution in [0.25, 0.3) is 0 Å². The molecule has 0 saturated heterocycles. The highest BCUT2D eigenvalue weighted by molar-refractivity contribution is 5.94. The van der Waals surface area contributed by atoms with Crippen LogP contribution in [0.15, 0.2) is 18.2 Å². The summed E-state index contributed by atoms with van der Waals surface area (Å²) in [6, 6.07) is 4.76.